The van der Waals surface area contributed by atoms with Gasteiger partial charge in [-0.3, -0.25) is 4.68 Å². The lowest BCUT2D eigenvalue weighted by molar-refractivity contribution is -0.192. The zero-order valence-corrected chi connectivity index (χ0v) is 26.6. The second kappa shape index (κ2) is 14.7. The monoisotopic (exact) mass is 691 g/mol. The predicted octanol–water partition coefficient (Wildman–Crippen LogP) is 7.95. The lowest BCUT2D eigenvalue weighted by atomic mass is 9.95. The molecule has 15 heteroatoms. The van der Waals surface area contributed by atoms with Crippen molar-refractivity contribution in [2.45, 2.75) is 64.5 Å². The zero-order chi connectivity index (χ0) is 33.7. The maximum absolute atomic E-state index is 13.5. The summed E-state index contributed by atoms with van der Waals surface area (Å²) in [7, 11) is 0. The maximum Gasteiger partial charge on any atom is 0.490 e. The van der Waals surface area contributed by atoms with Crippen molar-refractivity contribution in [1.29, 1.82) is 0 Å². The molecule has 1 atom stereocenters. The van der Waals surface area contributed by atoms with Crippen molar-refractivity contribution in [3.63, 3.8) is 0 Å². The minimum Gasteiger partial charge on any atom is -0.487 e. The minimum atomic E-state index is -5.08. The van der Waals surface area contributed by atoms with Crippen molar-refractivity contribution < 1.29 is 37.3 Å². The van der Waals surface area contributed by atoms with E-state index in [1.807, 2.05) is 10.7 Å². The molecule has 0 saturated heterocycles. The van der Waals surface area contributed by atoms with E-state index in [1.165, 1.54) is 17.7 Å². The Kier molecular flexibility index (Phi) is 10.6. The van der Waals surface area contributed by atoms with Gasteiger partial charge in [0.2, 0.25) is 0 Å². The summed E-state index contributed by atoms with van der Waals surface area (Å²) < 4.78 is 52.9. The van der Waals surface area contributed by atoms with E-state index < -0.39 is 18.2 Å². The van der Waals surface area contributed by atoms with E-state index in [1.54, 1.807) is 41.9 Å². The number of alkyl halides is 3. The molecule has 9 nitrogen and oxygen atoms in total. The SMILES string of the molecule is CCCC[C@@H](O)Cn1cc2c(n1)CCc1c-2sc2ncnc(Nc3ccc(OCc4cccc(F)c4)c(Cl)c3)c12.O=C(O)C(F)(F)F. The van der Waals surface area contributed by atoms with Crippen LogP contribution in [0.4, 0.5) is 29.1 Å². The number of carbonyl (C=O) groups is 1. The van der Waals surface area contributed by atoms with Crippen LogP contribution in [0.2, 0.25) is 5.02 Å². The summed E-state index contributed by atoms with van der Waals surface area (Å²) in [5.74, 6) is -1.82. The third-order valence-electron chi connectivity index (χ3n) is 7.29. The molecule has 0 amide bonds. The predicted molar refractivity (Wildman–Crippen MR) is 171 cm³/mol. The van der Waals surface area contributed by atoms with Crippen LogP contribution in [0.1, 0.15) is 43.0 Å². The number of aliphatic carboxylic acids is 1. The van der Waals surface area contributed by atoms with Crippen LogP contribution in [0, 0.1) is 5.82 Å². The van der Waals surface area contributed by atoms with Crippen molar-refractivity contribution in [3.05, 3.63) is 82.6 Å². The fraction of sp³-hybridized carbons (Fsp3) is 0.312. The topological polar surface area (TPSA) is 122 Å². The van der Waals surface area contributed by atoms with Crippen molar-refractivity contribution >= 4 is 50.6 Å². The van der Waals surface area contributed by atoms with E-state index in [9.17, 15) is 22.7 Å². The number of halogens is 5. The molecular weight excluding hydrogens is 662 g/mol. The number of unbranched alkanes of at least 4 members (excludes halogenated alkanes) is 1. The maximum atomic E-state index is 13.5. The molecule has 0 radical (unpaired) electrons. The number of aliphatic hydroxyl groups is 1. The Labute approximate surface area is 275 Å². The first kappa shape index (κ1) is 34.1. The first-order chi connectivity index (χ1) is 22.4. The number of benzene rings is 2. The molecule has 6 rings (SSSR count). The molecule has 47 heavy (non-hydrogen) atoms. The molecule has 0 bridgehead atoms. The molecular formula is C32H30ClF4N5O4S. The Balaban J connectivity index is 0.000000559. The normalized spacial score (nSPS) is 12.9. The van der Waals surface area contributed by atoms with Crippen LogP contribution in [-0.2, 0) is 30.8 Å². The summed E-state index contributed by atoms with van der Waals surface area (Å²) in [6.45, 7) is 2.85. The minimum absolute atomic E-state index is 0.216. The molecule has 0 spiro atoms. The highest BCUT2D eigenvalue weighted by atomic mass is 35.5. The van der Waals surface area contributed by atoms with Crippen LogP contribution in [0.15, 0.2) is 55.0 Å². The number of fused-ring (bicyclic) bond motifs is 5. The van der Waals surface area contributed by atoms with E-state index in [4.69, 9.17) is 31.3 Å². The molecule has 5 aromatic rings. The van der Waals surface area contributed by atoms with Gasteiger partial charge in [0.1, 0.15) is 35.1 Å². The standard InChI is InChI=1S/C30H29ClFN5O2S.C2HF3O2/c1-2-3-7-21(38)14-37-15-23-25(36-37)10-9-22-27-29(33-17-34-30(27)40-28(22)23)35-20-8-11-26(24(31)13-20)39-16-18-5-4-6-19(32)12-18;3-2(4,5)1(6)7/h4-6,8,11-13,15,17,21,38H,2-3,7,9-10,14,16H2,1H3,(H,33,34,35);(H,6,7)/t21-;/m1./s1. The summed E-state index contributed by atoms with van der Waals surface area (Å²) in [5.41, 5.74) is 4.88. The van der Waals surface area contributed by atoms with Crippen molar-refractivity contribution in [2.24, 2.45) is 0 Å². The van der Waals surface area contributed by atoms with E-state index in [0.29, 0.717) is 17.3 Å². The number of carboxylic acid groups (broad SMARTS) is 1. The quantitative estimate of drug-likeness (QED) is 0.126. The van der Waals surface area contributed by atoms with Gasteiger partial charge in [-0.15, -0.1) is 11.3 Å². The van der Waals surface area contributed by atoms with Gasteiger partial charge in [-0.1, -0.05) is 43.5 Å². The Morgan fingerprint density at radius 2 is 1.98 bits per heavy atom. The van der Waals surface area contributed by atoms with E-state index >= 15 is 0 Å². The number of hydrogen-bond donors (Lipinski definition) is 3. The molecule has 1 aliphatic carbocycles. The second-order valence-electron chi connectivity index (χ2n) is 10.8. The van der Waals surface area contributed by atoms with Crippen molar-refractivity contribution in [2.75, 3.05) is 5.32 Å². The molecule has 0 unspecified atom stereocenters. The first-order valence-corrected chi connectivity index (χ1v) is 15.9. The summed E-state index contributed by atoms with van der Waals surface area (Å²) in [5, 5.41) is 27.2. The highest BCUT2D eigenvalue weighted by Crippen LogP contribution is 2.45. The fourth-order valence-corrected chi connectivity index (χ4v) is 6.54. The van der Waals surface area contributed by atoms with Gasteiger partial charge in [-0.25, -0.2) is 19.2 Å². The van der Waals surface area contributed by atoms with Gasteiger partial charge in [0.25, 0.3) is 0 Å². The second-order valence-corrected chi connectivity index (χ2v) is 12.2. The van der Waals surface area contributed by atoms with Crippen LogP contribution in [0.25, 0.3) is 20.7 Å². The third kappa shape index (κ3) is 8.37. The average Bonchev–Trinajstić information content (AvgIpc) is 3.61. The number of aliphatic hydroxyl groups excluding tert-OH is 1. The third-order valence-corrected chi connectivity index (χ3v) is 8.76. The van der Waals surface area contributed by atoms with Crippen LogP contribution in [0.5, 0.6) is 5.75 Å². The largest absolute Gasteiger partial charge is 0.490 e. The number of rotatable bonds is 10. The molecule has 2 aromatic carbocycles. The number of aromatic nitrogens is 4. The Morgan fingerprint density at radius 3 is 2.68 bits per heavy atom. The van der Waals surface area contributed by atoms with Gasteiger partial charge in [0.05, 0.1) is 28.8 Å². The van der Waals surface area contributed by atoms with Gasteiger partial charge >= 0.3 is 12.1 Å². The smallest absolute Gasteiger partial charge is 0.487 e. The van der Waals surface area contributed by atoms with Gasteiger partial charge in [0.15, 0.2) is 0 Å². The summed E-state index contributed by atoms with van der Waals surface area (Å²) in [4.78, 5) is 20.1. The number of carboxylic acids is 1. The Morgan fingerprint density at radius 1 is 1.19 bits per heavy atom. The lowest BCUT2D eigenvalue weighted by Crippen LogP contribution is -2.21. The molecule has 248 valence electrons. The highest BCUT2D eigenvalue weighted by molar-refractivity contribution is 7.22. The van der Waals surface area contributed by atoms with E-state index in [-0.39, 0.29) is 12.4 Å². The molecule has 3 N–H and O–H groups in total. The summed E-state index contributed by atoms with van der Waals surface area (Å²) in [6.07, 6.45) is 2.67. The Hall–Kier alpha value is -4.27. The molecule has 0 aliphatic heterocycles. The molecule has 1 aliphatic rings. The molecule has 3 aromatic heterocycles. The van der Waals surface area contributed by atoms with Gasteiger partial charge < -0.3 is 20.3 Å². The number of nitrogens with zero attached hydrogens (tertiary/aromatic N) is 4. The summed E-state index contributed by atoms with van der Waals surface area (Å²) in [6, 6.07) is 11.8. The van der Waals surface area contributed by atoms with Crippen LogP contribution in [0.3, 0.4) is 0 Å². The highest BCUT2D eigenvalue weighted by Gasteiger charge is 2.38. The van der Waals surface area contributed by atoms with E-state index in [0.717, 1.165) is 75.5 Å². The zero-order valence-electron chi connectivity index (χ0n) is 25.0. The molecule has 0 fully saturated rings. The first-order valence-electron chi connectivity index (χ1n) is 14.7. The summed E-state index contributed by atoms with van der Waals surface area (Å²) >= 11 is 8.18. The number of anilines is 2. The fourth-order valence-electron chi connectivity index (χ4n) is 5.08. The van der Waals surface area contributed by atoms with Crippen LogP contribution >= 0.6 is 22.9 Å². The van der Waals surface area contributed by atoms with Gasteiger partial charge in [-0.05, 0) is 60.7 Å². The Bertz CT molecular complexity index is 1880. The van der Waals surface area contributed by atoms with Crippen molar-refractivity contribution in [3.8, 4) is 16.2 Å². The number of hydrogen-bond acceptors (Lipinski definition) is 8. The molecule has 3 heterocycles. The number of aryl methyl sites for hydroxylation is 2. The molecule has 0 saturated carbocycles. The number of nitrogens with one attached hydrogen (secondary N) is 1. The number of ether oxygens (including phenoxy) is 1. The van der Waals surface area contributed by atoms with Gasteiger partial charge in [0, 0.05) is 22.3 Å². The van der Waals surface area contributed by atoms with Gasteiger partial charge in [-0.2, -0.15) is 18.3 Å². The van der Waals surface area contributed by atoms with E-state index in [2.05, 4.69) is 28.4 Å². The number of thiophene rings is 1. The van der Waals surface area contributed by atoms with Crippen molar-refractivity contribution in [1.82, 2.24) is 19.7 Å². The average molecular weight is 692 g/mol. The lowest BCUT2D eigenvalue weighted by Gasteiger charge is -2.13. The van der Waals surface area contributed by atoms with Crippen LogP contribution in [-0.4, -0.2) is 48.2 Å². The van der Waals surface area contributed by atoms with Crippen LogP contribution < -0.4 is 10.1 Å².